The molecule has 0 spiro atoms. The molecule has 10 heteroatoms. The van der Waals surface area contributed by atoms with Crippen molar-refractivity contribution in [2.45, 2.75) is 17.6 Å². The molecule has 160 valence electrons. The average molecular weight is 439 g/mol. The Bertz CT molecular complexity index is 1180. The van der Waals surface area contributed by atoms with E-state index in [2.05, 4.69) is 15.7 Å². The minimum Gasteiger partial charge on any atom is -0.497 e. The van der Waals surface area contributed by atoms with Crippen molar-refractivity contribution in [3.05, 3.63) is 54.1 Å². The number of fused-ring (bicyclic) bond motifs is 1. The monoisotopic (exact) mass is 439 g/mol. The van der Waals surface area contributed by atoms with E-state index in [-0.39, 0.29) is 5.75 Å². The summed E-state index contributed by atoms with van der Waals surface area (Å²) in [6.45, 7) is 1.59. The largest absolute Gasteiger partial charge is 0.497 e. The Morgan fingerprint density at radius 2 is 1.90 bits per heavy atom. The lowest BCUT2D eigenvalue weighted by atomic mass is 9.92. The maximum absolute atomic E-state index is 12.9. The van der Waals surface area contributed by atoms with Crippen LogP contribution >= 0.6 is 11.8 Å². The maximum Gasteiger partial charge on any atom is 0.344 e. The standard InChI is InChI=1S/C21H21N5O4S/c1-21(13-8-10-14(30-3)11-9-13)18(28)26(19(29)23-21)24-17(27)12-31-20-22-15-6-4-5-7-16(15)25(20)2/h4-11H,12H2,1-3H3,(H,23,29)(H,24,27)/t21-/m1/s1. The maximum atomic E-state index is 12.9. The van der Waals surface area contributed by atoms with Gasteiger partial charge in [-0.15, -0.1) is 0 Å². The van der Waals surface area contributed by atoms with Gasteiger partial charge in [0.25, 0.3) is 5.91 Å². The molecule has 2 N–H and O–H groups in total. The van der Waals surface area contributed by atoms with Gasteiger partial charge in [0.2, 0.25) is 5.91 Å². The first-order valence-corrected chi connectivity index (χ1v) is 10.5. The summed E-state index contributed by atoms with van der Waals surface area (Å²) >= 11 is 1.22. The number of para-hydroxylation sites is 2. The third-order valence-electron chi connectivity index (χ3n) is 5.17. The van der Waals surface area contributed by atoms with E-state index in [1.807, 2.05) is 35.9 Å². The highest BCUT2D eigenvalue weighted by Gasteiger charge is 2.50. The van der Waals surface area contributed by atoms with Gasteiger partial charge in [-0.1, -0.05) is 36.0 Å². The SMILES string of the molecule is COc1ccc([C@@]2(C)NC(=O)N(NC(=O)CSc3nc4ccccc4n3C)C2=O)cc1. The first kappa shape index (κ1) is 20.7. The number of aromatic nitrogens is 2. The van der Waals surface area contributed by atoms with Gasteiger partial charge in [0.15, 0.2) is 5.16 Å². The fourth-order valence-corrected chi connectivity index (χ4v) is 4.18. The predicted molar refractivity (Wildman–Crippen MR) is 115 cm³/mol. The lowest BCUT2D eigenvalue weighted by Gasteiger charge is -2.22. The highest BCUT2D eigenvalue weighted by atomic mass is 32.2. The number of thioether (sulfide) groups is 1. The lowest BCUT2D eigenvalue weighted by Crippen LogP contribution is -2.48. The van der Waals surface area contributed by atoms with E-state index in [9.17, 15) is 14.4 Å². The number of carbonyl (C=O) groups excluding carboxylic acids is 3. The highest BCUT2D eigenvalue weighted by molar-refractivity contribution is 7.99. The van der Waals surface area contributed by atoms with Crippen molar-refractivity contribution in [3.8, 4) is 5.75 Å². The number of methoxy groups -OCH3 is 1. The van der Waals surface area contributed by atoms with Crippen molar-refractivity contribution in [2.24, 2.45) is 7.05 Å². The summed E-state index contributed by atoms with van der Waals surface area (Å²) in [6.07, 6.45) is 0. The average Bonchev–Trinajstić information content (AvgIpc) is 3.21. The third kappa shape index (κ3) is 3.70. The summed E-state index contributed by atoms with van der Waals surface area (Å²) in [4.78, 5) is 42.3. The van der Waals surface area contributed by atoms with Crippen molar-refractivity contribution in [3.63, 3.8) is 0 Å². The number of benzene rings is 2. The molecule has 1 aliphatic heterocycles. The Balaban J connectivity index is 1.43. The molecule has 0 aliphatic carbocycles. The predicted octanol–water partition coefficient (Wildman–Crippen LogP) is 2.17. The van der Waals surface area contributed by atoms with Crippen LogP contribution in [0.3, 0.4) is 0 Å². The Hall–Kier alpha value is -3.53. The summed E-state index contributed by atoms with van der Waals surface area (Å²) in [5.74, 6) is -0.426. The number of hydrogen-bond acceptors (Lipinski definition) is 6. The molecular formula is C21H21N5O4S. The normalized spacial score (nSPS) is 18.4. The van der Waals surface area contributed by atoms with Crippen molar-refractivity contribution in [1.29, 1.82) is 0 Å². The zero-order valence-corrected chi connectivity index (χ0v) is 18.0. The van der Waals surface area contributed by atoms with Crippen LogP contribution in [0.25, 0.3) is 11.0 Å². The first-order valence-electron chi connectivity index (χ1n) is 9.48. The number of carbonyl (C=O) groups is 3. The number of urea groups is 1. The second-order valence-electron chi connectivity index (χ2n) is 7.19. The van der Waals surface area contributed by atoms with Crippen molar-refractivity contribution >= 4 is 40.6 Å². The molecule has 31 heavy (non-hydrogen) atoms. The van der Waals surface area contributed by atoms with Gasteiger partial charge >= 0.3 is 6.03 Å². The minimum atomic E-state index is -1.29. The zero-order chi connectivity index (χ0) is 22.2. The molecule has 0 radical (unpaired) electrons. The number of imidazole rings is 1. The van der Waals surface area contributed by atoms with Crippen LogP contribution in [-0.2, 0) is 22.2 Å². The number of ether oxygens (including phenoxy) is 1. The van der Waals surface area contributed by atoms with Gasteiger partial charge < -0.3 is 14.6 Å². The van der Waals surface area contributed by atoms with Gasteiger partial charge in [0.1, 0.15) is 11.3 Å². The fourth-order valence-electron chi connectivity index (χ4n) is 3.40. The Labute approximate surface area is 182 Å². The van der Waals surface area contributed by atoms with E-state index in [0.717, 1.165) is 16.0 Å². The number of rotatable bonds is 6. The van der Waals surface area contributed by atoms with Crippen molar-refractivity contribution < 1.29 is 19.1 Å². The first-order chi connectivity index (χ1) is 14.8. The molecule has 1 aliphatic rings. The molecule has 1 atom stereocenters. The van der Waals surface area contributed by atoms with Crippen molar-refractivity contribution in [2.75, 3.05) is 12.9 Å². The number of imide groups is 1. The van der Waals surface area contributed by atoms with E-state index in [1.165, 1.54) is 11.8 Å². The Morgan fingerprint density at radius 3 is 2.58 bits per heavy atom. The molecular weight excluding hydrogens is 418 g/mol. The van der Waals surface area contributed by atoms with Crippen LogP contribution < -0.4 is 15.5 Å². The molecule has 1 saturated heterocycles. The summed E-state index contributed by atoms with van der Waals surface area (Å²) in [5, 5.41) is 4.04. The molecule has 3 aromatic rings. The topological polar surface area (TPSA) is 106 Å². The van der Waals surface area contributed by atoms with Crippen LogP contribution in [0.2, 0.25) is 0 Å². The van der Waals surface area contributed by atoms with Gasteiger partial charge in [-0.3, -0.25) is 15.0 Å². The second kappa shape index (κ2) is 7.95. The van der Waals surface area contributed by atoms with E-state index >= 15 is 0 Å². The quantitative estimate of drug-likeness (QED) is 0.451. The van der Waals surface area contributed by atoms with Gasteiger partial charge in [-0.05, 0) is 36.8 Å². The summed E-state index contributed by atoms with van der Waals surface area (Å²) in [6, 6.07) is 13.8. The number of nitrogens with one attached hydrogen (secondary N) is 2. The molecule has 2 aromatic carbocycles. The zero-order valence-electron chi connectivity index (χ0n) is 17.2. The summed E-state index contributed by atoms with van der Waals surface area (Å²) < 4.78 is 7.02. The second-order valence-corrected chi connectivity index (χ2v) is 8.13. The number of amides is 4. The minimum absolute atomic E-state index is 0.00648. The Morgan fingerprint density at radius 1 is 1.19 bits per heavy atom. The number of aryl methyl sites for hydroxylation is 1. The molecule has 1 fully saturated rings. The fraction of sp³-hybridized carbons (Fsp3) is 0.238. The van der Waals surface area contributed by atoms with Crippen LogP contribution in [0, 0.1) is 0 Å². The molecule has 1 aromatic heterocycles. The van der Waals surface area contributed by atoms with Crippen LogP contribution in [-0.4, -0.2) is 45.3 Å². The highest BCUT2D eigenvalue weighted by Crippen LogP contribution is 2.29. The van der Waals surface area contributed by atoms with Crippen LogP contribution in [0.15, 0.2) is 53.7 Å². The molecule has 4 rings (SSSR count). The van der Waals surface area contributed by atoms with Crippen molar-refractivity contribution in [1.82, 2.24) is 25.3 Å². The van der Waals surface area contributed by atoms with Crippen LogP contribution in [0.1, 0.15) is 12.5 Å². The summed E-state index contributed by atoms with van der Waals surface area (Å²) in [5.41, 5.74) is 3.47. The lowest BCUT2D eigenvalue weighted by molar-refractivity contribution is -0.138. The van der Waals surface area contributed by atoms with Gasteiger partial charge in [-0.25, -0.2) is 9.78 Å². The molecule has 4 amide bonds. The Kier molecular flexibility index (Phi) is 5.32. The van der Waals surface area contributed by atoms with Gasteiger partial charge in [-0.2, -0.15) is 5.01 Å². The molecule has 0 saturated carbocycles. The van der Waals surface area contributed by atoms with Crippen LogP contribution in [0.5, 0.6) is 5.75 Å². The number of nitrogens with zero attached hydrogens (tertiary/aromatic N) is 3. The number of hydrazine groups is 1. The van der Waals surface area contributed by atoms with E-state index in [4.69, 9.17) is 4.74 Å². The number of hydrogen-bond donors (Lipinski definition) is 2. The molecule has 0 bridgehead atoms. The summed E-state index contributed by atoms with van der Waals surface area (Å²) in [7, 11) is 3.41. The van der Waals surface area contributed by atoms with Crippen LogP contribution in [0.4, 0.5) is 4.79 Å². The third-order valence-corrected chi connectivity index (χ3v) is 6.20. The van der Waals surface area contributed by atoms with Gasteiger partial charge in [0, 0.05) is 7.05 Å². The molecule has 0 unspecified atom stereocenters. The molecule has 9 nitrogen and oxygen atoms in total. The van der Waals surface area contributed by atoms with E-state index in [0.29, 0.717) is 16.5 Å². The van der Waals surface area contributed by atoms with E-state index in [1.54, 1.807) is 38.3 Å². The van der Waals surface area contributed by atoms with Gasteiger partial charge in [0.05, 0.1) is 23.9 Å². The molecule has 2 heterocycles. The van der Waals surface area contributed by atoms with E-state index < -0.39 is 23.4 Å². The smallest absolute Gasteiger partial charge is 0.344 e.